The summed E-state index contributed by atoms with van der Waals surface area (Å²) in [7, 11) is -1.84. The molecule has 1 N–H and O–H groups in total. The number of hydrogen-bond donors (Lipinski definition) is 1. The lowest BCUT2D eigenvalue weighted by Crippen LogP contribution is -2.54. The van der Waals surface area contributed by atoms with Crippen LogP contribution in [0.1, 0.15) is 33.1 Å². The van der Waals surface area contributed by atoms with Gasteiger partial charge in [-0.3, -0.25) is 4.79 Å². The van der Waals surface area contributed by atoms with Crippen molar-refractivity contribution < 1.29 is 22.7 Å². The fourth-order valence-corrected chi connectivity index (χ4v) is 4.06. The Hall–Kier alpha value is -1.11. The molecule has 0 saturated carbocycles. The number of hydrogen-bond acceptors (Lipinski definition) is 5. The standard InChI is InChI=1S/C12H21NO5S/c1-4-6-12(2,11(15)18-3)13-10(14)9-5-7-19(16,17)8-9/h9H,4-8H2,1-3H3,(H,13,14). The molecule has 0 bridgehead atoms. The smallest absolute Gasteiger partial charge is 0.331 e. The molecule has 2 atom stereocenters. The van der Waals surface area contributed by atoms with Gasteiger partial charge in [-0.25, -0.2) is 13.2 Å². The average Bonchev–Trinajstić information content (AvgIpc) is 2.69. The predicted octanol–water partition coefficient (Wildman–Crippen LogP) is 0.269. The zero-order chi connectivity index (χ0) is 14.7. The van der Waals surface area contributed by atoms with Crippen LogP contribution in [0.4, 0.5) is 0 Å². The van der Waals surface area contributed by atoms with Gasteiger partial charge in [0.05, 0.1) is 24.5 Å². The van der Waals surface area contributed by atoms with E-state index >= 15 is 0 Å². The maximum absolute atomic E-state index is 12.1. The molecular weight excluding hydrogens is 270 g/mol. The zero-order valence-corrected chi connectivity index (χ0v) is 12.4. The summed E-state index contributed by atoms with van der Waals surface area (Å²) in [6.45, 7) is 3.50. The second-order valence-corrected chi connectivity index (χ2v) is 7.39. The summed E-state index contributed by atoms with van der Waals surface area (Å²) in [6, 6.07) is 0. The fraction of sp³-hybridized carbons (Fsp3) is 0.833. The van der Waals surface area contributed by atoms with Gasteiger partial charge in [0, 0.05) is 0 Å². The van der Waals surface area contributed by atoms with E-state index in [2.05, 4.69) is 5.32 Å². The highest BCUT2D eigenvalue weighted by molar-refractivity contribution is 7.91. The summed E-state index contributed by atoms with van der Waals surface area (Å²) in [5.74, 6) is -1.56. The lowest BCUT2D eigenvalue weighted by molar-refractivity contribution is -0.151. The second kappa shape index (κ2) is 5.90. The zero-order valence-electron chi connectivity index (χ0n) is 11.6. The van der Waals surface area contributed by atoms with Crippen molar-refractivity contribution in [3.05, 3.63) is 0 Å². The van der Waals surface area contributed by atoms with Crippen molar-refractivity contribution in [1.82, 2.24) is 5.32 Å². The van der Waals surface area contributed by atoms with E-state index in [1.54, 1.807) is 6.92 Å². The molecule has 7 heteroatoms. The Morgan fingerprint density at radius 2 is 2.05 bits per heavy atom. The van der Waals surface area contributed by atoms with Crippen LogP contribution in [-0.2, 0) is 24.2 Å². The van der Waals surface area contributed by atoms with Gasteiger partial charge >= 0.3 is 5.97 Å². The molecule has 0 spiro atoms. The van der Waals surface area contributed by atoms with Crippen LogP contribution in [0.5, 0.6) is 0 Å². The Bertz CT molecular complexity index is 459. The van der Waals surface area contributed by atoms with E-state index in [4.69, 9.17) is 4.74 Å². The minimum absolute atomic E-state index is 0.0355. The van der Waals surface area contributed by atoms with Crippen molar-refractivity contribution in [2.24, 2.45) is 5.92 Å². The van der Waals surface area contributed by atoms with Crippen LogP contribution in [-0.4, -0.2) is 44.4 Å². The van der Waals surface area contributed by atoms with E-state index in [1.165, 1.54) is 7.11 Å². The van der Waals surface area contributed by atoms with Crippen LogP contribution in [0.2, 0.25) is 0 Å². The van der Waals surface area contributed by atoms with Gasteiger partial charge in [-0.15, -0.1) is 0 Å². The summed E-state index contributed by atoms with van der Waals surface area (Å²) in [5, 5.41) is 2.65. The van der Waals surface area contributed by atoms with Gasteiger partial charge in [0.25, 0.3) is 0 Å². The van der Waals surface area contributed by atoms with Crippen molar-refractivity contribution in [3.8, 4) is 0 Å². The van der Waals surface area contributed by atoms with Crippen LogP contribution >= 0.6 is 0 Å². The number of nitrogens with one attached hydrogen (secondary N) is 1. The van der Waals surface area contributed by atoms with Crippen molar-refractivity contribution >= 4 is 21.7 Å². The molecule has 0 radical (unpaired) electrons. The fourth-order valence-electron chi connectivity index (χ4n) is 2.32. The van der Waals surface area contributed by atoms with Gasteiger partial charge in [-0.05, 0) is 19.8 Å². The van der Waals surface area contributed by atoms with Gasteiger partial charge < -0.3 is 10.1 Å². The van der Waals surface area contributed by atoms with Crippen molar-refractivity contribution in [3.63, 3.8) is 0 Å². The molecule has 110 valence electrons. The molecule has 1 amide bonds. The predicted molar refractivity (Wildman–Crippen MR) is 70.2 cm³/mol. The molecule has 0 aliphatic carbocycles. The lowest BCUT2D eigenvalue weighted by Gasteiger charge is -2.28. The van der Waals surface area contributed by atoms with E-state index in [9.17, 15) is 18.0 Å². The van der Waals surface area contributed by atoms with Crippen LogP contribution in [0, 0.1) is 5.92 Å². The van der Waals surface area contributed by atoms with Crippen LogP contribution in [0.3, 0.4) is 0 Å². The van der Waals surface area contributed by atoms with Gasteiger partial charge in [0.1, 0.15) is 5.54 Å². The third-order valence-electron chi connectivity index (χ3n) is 3.39. The molecule has 6 nitrogen and oxygen atoms in total. The van der Waals surface area contributed by atoms with Crippen LogP contribution in [0.15, 0.2) is 0 Å². The Morgan fingerprint density at radius 1 is 1.42 bits per heavy atom. The summed E-state index contributed by atoms with van der Waals surface area (Å²) in [5.41, 5.74) is -1.09. The maximum Gasteiger partial charge on any atom is 0.331 e. The third-order valence-corrected chi connectivity index (χ3v) is 5.16. The van der Waals surface area contributed by atoms with Gasteiger partial charge in [0.15, 0.2) is 9.84 Å². The third kappa shape index (κ3) is 3.92. The molecule has 0 aromatic rings. The number of carbonyl (C=O) groups excluding carboxylic acids is 2. The highest BCUT2D eigenvalue weighted by Gasteiger charge is 2.39. The van der Waals surface area contributed by atoms with E-state index < -0.39 is 27.3 Å². The summed E-state index contributed by atoms with van der Waals surface area (Å²) < 4.78 is 27.4. The Kier molecular flexibility index (Phi) is 4.95. The summed E-state index contributed by atoms with van der Waals surface area (Å²) in [6.07, 6.45) is 1.47. The molecule has 2 unspecified atom stereocenters. The van der Waals surface area contributed by atoms with E-state index in [0.717, 1.165) is 0 Å². The van der Waals surface area contributed by atoms with Crippen LogP contribution < -0.4 is 5.32 Å². The molecule has 1 rings (SSSR count). The molecule has 1 aliphatic heterocycles. The number of ether oxygens (including phenoxy) is 1. The highest BCUT2D eigenvalue weighted by atomic mass is 32.2. The largest absolute Gasteiger partial charge is 0.467 e. The molecule has 19 heavy (non-hydrogen) atoms. The molecular formula is C12H21NO5S. The van der Waals surface area contributed by atoms with E-state index in [1.807, 2.05) is 6.92 Å². The number of sulfone groups is 1. The number of carbonyl (C=O) groups is 2. The summed E-state index contributed by atoms with van der Waals surface area (Å²) in [4.78, 5) is 23.8. The second-order valence-electron chi connectivity index (χ2n) is 5.16. The average molecular weight is 291 g/mol. The lowest BCUT2D eigenvalue weighted by atomic mass is 9.94. The first-order chi connectivity index (χ1) is 8.74. The number of rotatable bonds is 5. The first kappa shape index (κ1) is 15.9. The Morgan fingerprint density at radius 3 is 2.47 bits per heavy atom. The molecule has 1 fully saturated rings. The molecule has 1 heterocycles. The minimum Gasteiger partial charge on any atom is -0.467 e. The molecule has 0 aromatic carbocycles. The minimum atomic E-state index is -3.11. The van der Waals surface area contributed by atoms with Gasteiger partial charge in [-0.1, -0.05) is 13.3 Å². The van der Waals surface area contributed by atoms with Crippen LogP contribution in [0.25, 0.3) is 0 Å². The highest BCUT2D eigenvalue weighted by Crippen LogP contribution is 2.21. The molecule has 0 aromatic heterocycles. The monoisotopic (exact) mass is 291 g/mol. The van der Waals surface area contributed by atoms with Crippen molar-refractivity contribution in [2.45, 2.75) is 38.6 Å². The van der Waals surface area contributed by atoms with Gasteiger partial charge in [-0.2, -0.15) is 0 Å². The van der Waals surface area contributed by atoms with Crippen molar-refractivity contribution in [2.75, 3.05) is 18.6 Å². The Labute approximate surface area is 113 Å². The summed E-state index contributed by atoms with van der Waals surface area (Å²) >= 11 is 0. The number of amides is 1. The number of methoxy groups -OCH3 is 1. The Balaban J connectivity index is 2.75. The van der Waals surface area contributed by atoms with E-state index in [0.29, 0.717) is 19.3 Å². The van der Waals surface area contributed by atoms with E-state index in [-0.39, 0.29) is 17.4 Å². The quantitative estimate of drug-likeness (QED) is 0.734. The number of esters is 1. The first-order valence-electron chi connectivity index (χ1n) is 6.35. The van der Waals surface area contributed by atoms with Gasteiger partial charge in [0.2, 0.25) is 5.91 Å². The molecule has 1 aliphatic rings. The topological polar surface area (TPSA) is 89.5 Å². The maximum atomic E-state index is 12.1. The first-order valence-corrected chi connectivity index (χ1v) is 8.17. The van der Waals surface area contributed by atoms with Crippen molar-refractivity contribution in [1.29, 1.82) is 0 Å². The molecule has 1 saturated heterocycles. The normalized spacial score (nSPS) is 24.5. The SMILES string of the molecule is CCCC(C)(NC(=O)C1CCS(=O)(=O)C1)C(=O)OC.